The van der Waals surface area contributed by atoms with Gasteiger partial charge >= 0.3 is 0 Å². The van der Waals surface area contributed by atoms with Gasteiger partial charge in [-0.15, -0.1) is 0 Å². The number of methoxy groups -OCH3 is 1. The Morgan fingerprint density at radius 3 is 2.68 bits per heavy atom. The summed E-state index contributed by atoms with van der Waals surface area (Å²) in [5.74, 6) is 0.850. The molecule has 5 rings (SSSR count). The molecule has 31 heavy (non-hydrogen) atoms. The van der Waals surface area contributed by atoms with Crippen LogP contribution in [0.3, 0.4) is 0 Å². The van der Waals surface area contributed by atoms with Crippen molar-refractivity contribution in [3.63, 3.8) is 0 Å². The lowest BCUT2D eigenvalue weighted by Crippen LogP contribution is -2.40. The van der Waals surface area contributed by atoms with Gasteiger partial charge in [-0.25, -0.2) is 0 Å². The zero-order chi connectivity index (χ0) is 21.2. The molecule has 1 aliphatic carbocycles. The highest BCUT2D eigenvalue weighted by Crippen LogP contribution is 2.43. The number of nitrogens with zero attached hydrogens (tertiary/aromatic N) is 3. The van der Waals surface area contributed by atoms with Crippen LogP contribution in [-0.2, 0) is 0 Å². The monoisotopic (exact) mass is 432 g/mol. The molecule has 5 nitrogen and oxygen atoms in total. The molecular weight excluding hydrogens is 404 g/mol. The topological polar surface area (TPSA) is 42.3 Å². The molecule has 160 valence electrons. The van der Waals surface area contributed by atoms with Gasteiger partial charge in [-0.2, -0.15) is 0 Å². The van der Waals surface area contributed by atoms with Crippen LogP contribution in [0.1, 0.15) is 55.6 Å². The SMILES string of the molecule is COc1cccc(-n2cccc2[C@@H]2[C@@H](c3ccccn3)NC(=S)N2C2CCCCC2)c1. The summed E-state index contributed by atoms with van der Waals surface area (Å²) >= 11 is 5.91. The van der Waals surface area contributed by atoms with Gasteiger partial charge in [-0.1, -0.05) is 31.4 Å². The number of thiocarbonyl (C=S) groups is 1. The Morgan fingerprint density at radius 2 is 1.90 bits per heavy atom. The van der Waals surface area contributed by atoms with Gasteiger partial charge < -0.3 is 19.5 Å². The molecule has 0 radical (unpaired) electrons. The van der Waals surface area contributed by atoms with E-state index in [9.17, 15) is 0 Å². The Kier molecular flexibility index (Phi) is 5.64. The van der Waals surface area contributed by atoms with Crippen molar-refractivity contribution in [2.75, 3.05) is 7.11 Å². The molecule has 2 aromatic heterocycles. The highest BCUT2D eigenvalue weighted by atomic mass is 32.1. The Morgan fingerprint density at radius 1 is 1.03 bits per heavy atom. The second kappa shape index (κ2) is 8.71. The zero-order valence-electron chi connectivity index (χ0n) is 17.8. The molecule has 2 atom stereocenters. The Hall–Kier alpha value is -2.86. The lowest BCUT2D eigenvalue weighted by molar-refractivity contribution is 0.193. The number of nitrogens with one attached hydrogen (secondary N) is 1. The highest BCUT2D eigenvalue weighted by Gasteiger charge is 2.44. The molecule has 0 unspecified atom stereocenters. The first-order chi connectivity index (χ1) is 15.3. The summed E-state index contributed by atoms with van der Waals surface area (Å²) < 4.78 is 7.73. The Labute approximate surface area is 189 Å². The van der Waals surface area contributed by atoms with E-state index in [4.69, 9.17) is 17.0 Å². The fourth-order valence-corrected chi connectivity index (χ4v) is 5.45. The van der Waals surface area contributed by atoms with Crippen molar-refractivity contribution >= 4 is 17.3 Å². The number of pyridine rings is 1. The van der Waals surface area contributed by atoms with E-state index in [0.29, 0.717) is 6.04 Å². The quantitative estimate of drug-likeness (QED) is 0.562. The summed E-state index contributed by atoms with van der Waals surface area (Å²) in [6.07, 6.45) is 10.2. The van der Waals surface area contributed by atoms with E-state index in [1.165, 1.54) is 37.8 Å². The number of hydrogen-bond donors (Lipinski definition) is 1. The van der Waals surface area contributed by atoms with E-state index in [0.717, 1.165) is 22.2 Å². The van der Waals surface area contributed by atoms with Crippen LogP contribution in [-0.4, -0.2) is 32.7 Å². The predicted octanol–water partition coefficient (Wildman–Crippen LogP) is 5.19. The van der Waals surface area contributed by atoms with Crippen LogP contribution in [0.15, 0.2) is 67.0 Å². The third-order valence-electron chi connectivity index (χ3n) is 6.52. The van der Waals surface area contributed by atoms with Crippen molar-refractivity contribution in [3.05, 3.63) is 78.4 Å². The van der Waals surface area contributed by atoms with Crippen LogP contribution in [0.25, 0.3) is 5.69 Å². The normalized spacial score (nSPS) is 21.8. The van der Waals surface area contributed by atoms with Gasteiger partial charge in [0.2, 0.25) is 0 Å². The van der Waals surface area contributed by atoms with Gasteiger partial charge in [0.05, 0.1) is 24.9 Å². The first kappa shape index (κ1) is 20.1. The lowest BCUT2D eigenvalue weighted by Gasteiger charge is -2.37. The fourth-order valence-electron chi connectivity index (χ4n) is 5.07. The minimum Gasteiger partial charge on any atom is -0.497 e. The average molecular weight is 433 g/mol. The van der Waals surface area contributed by atoms with E-state index >= 15 is 0 Å². The molecular formula is C25H28N4OS. The maximum absolute atomic E-state index is 5.91. The van der Waals surface area contributed by atoms with Crippen molar-refractivity contribution in [1.29, 1.82) is 0 Å². The van der Waals surface area contributed by atoms with Gasteiger partial charge in [0.25, 0.3) is 0 Å². The van der Waals surface area contributed by atoms with Crippen molar-refractivity contribution in [1.82, 2.24) is 19.8 Å². The van der Waals surface area contributed by atoms with Gasteiger partial charge in [0, 0.05) is 35.9 Å². The molecule has 2 fully saturated rings. The van der Waals surface area contributed by atoms with Gasteiger partial charge in [-0.05, 0) is 61.5 Å². The maximum Gasteiger partial charge on any atom is 0.170 e. The highest BCUT2D eigenvalue weighted by molar-refractivity contribution is 7.80. The van der Waals surface area contributed by atoms with Crippen LogP contribution in [0.4, 0.5) is 0 Å². The summed E-state index contributed by atoms with van der Waals surface area (Å²) in [5, 5.41) is 4.45. The minimum absolute atomic E-state index is 0.00915. The summed E-state index contributed by atoms with van der Waals surface area (Å²) in [7, 11) is 1.71. The van der Waals surface area contributed by atoms with Gasteiger partial charge in [0.15, 0.2) is 5.11 Å². The number of ether oxygens (including phenoxy) is 1. The predicted molar refractivity (Wildman–Crippen MR) is 126 cm³/mol. The standard InChI is InChI=1S/C25H28N4OS/c1-30-20-12-7-11-19(17-20)28-16-8-14-22(28)24-23(21-13-5-6-15-26-21)27-25(31)29(24)18-9-3-2-4-10-18/h5-8,11-18,23-24H,2-4,9-10H2,1H3,(H,27,31)/t23-,24-/m1/s1. The summed E-state index contributed by atoms with van der Waals surface area (Å²) in [4.78, 5) is 7.14. The molecule has 1 saturated carbocycles. The number of benzene rings is 1. The maximum atomic E-state index is 5.91. The minimum atomic E-state index is 0.00915. The molecule has 1 aliphatic heterocycles. The lowest BCUT2D eigenvalue weighted by atomic mass is 9.92. The second-order valence-corrected chi connectivity index (χ2v) is 8.72. The fraction of sp³-hybridized carbons (Fsp3) is 0.360. The smallest absolute Gasteiger partial charge is 0.170 e. The van der Waals surface area contributed by atoms with Gasteiger partial charge in [-0.3, -0.25) is 4.98 Å². The number of aromatic nitrogens is 2. The van der Waals surface area contributed by atoms with E-state index < -0.39 is 0 Å². The molecule has 3 heterocycles. The zero-order valence-corrected chi connectivity index (χ0v) is 18.6. The summed E-state index contributed by atoms with van der Waals surface area (Å²) in [6.45, 7) is 0. The molecule has 1 aromatic carbocycles. The van der Waals surface area contributed by atoms with Crippen LogP contribution in [0.2, 0.25) is 0 Å². The molecule has 0 amide bonds. The van der Waals surface area contributed by atoms with Crippen molar-refractivity contribution < 1.29 is 4.74 Å². The Balaban J connectivity index is 1.60. The van der Waals surface area contributed by atoms with E-state index in [-0.39, 0.29) is 12.1 Å². The summed E-state index contributed by atoms with van der Waals surface area (Å²) in [5.41, 5.74) is 3.31. The molecule has 1 saturated heterocycles. The first-order valence-electron chi connectivity index (χ1n) is 11.1. The number of rotatable bonds is 5. The molecule has 2 aliphatic rings. The number of hydrogen-bond acceptors (Lipinski definition) is 3. The average Bonchev–Trinajstić information content (AvgIpc) is 3.44. The largest absolute Gasteiger partial charge is 0.497 e. The van der Waals surface area contributed by atoms with Crippen LogP contribution < -0.4 is 10.1 Å². The Bertz CT molecular complexity index is 1040. The van der Waals surface area contributed by atoms with Crippen molar-refractivity contribution in [2.45, 2.75) is 50.2 Å². The van der Waals surface area contributed by atoms with Crippen molar-refractivity contribution in [3.8, 4) is 11.4 Å². The molecule has 0 bridgehead atoms. The van der Waals surface area contributed by atoms with Crippen LogP contribution >= 0.6 is 12.2 Å². The third kappa shape index (κ3) is 3.81. The van der Waals surface area contributed by atoms with E-state index in [1.807, 2.05) is 24.4 Å². The van der Waals surface area contributed by atoms with E-state index in [2.05, 4.69) is 62.4 Å². The van der Waals surface area contributed by atoms with Crippen molar-refractivity contribution in [2.24, 2.45) is 0 Å². The third-order valence-corrected chi connectivity index (χ3v) is 6.85. The first-order valence-corrected chi connectivity index (χ1v) is 11.5. The summed E-state index contributed by atoms with van der Waals surface area (Å²) in [6, 6.07) is 19.2. The van der Waals surface area contributed by atoms with Gasteiger partial charge in [0.1, 0.15) is 5.75 Å². The molecule has 1 N–H and O–H groups in total. The molecule has 3 aromatic rings. The second-order valence-electron chi connectivity index (χ2n) is 8.33. The van der Waals surface area contributed by atoms with Crippen LogP contribution in [0, 0.1) is 0 Å². The molecule has 0 spiro atoms. The van der Waals surface area contributed by atoms with E-state index in [1.54, 1.807) is 7.11 Å². The van der Waals surface area contributed by atoms with Crippen LogP contribution in [0.5, 0.6) is 5.75 Å². The molecule has 6 heteroatoms.